The molecule has 3 heterocycles. The van der Waals surface area contributed by atoms with Gasteiger partial charge in [0.05, 0.1) is 56.2 Å². The van der Waals surface area contributed by atoms with E-state index in [-0.39, 0.29) is 29.8 Å². The van der Waals surface area contributed by atoms with Gasteiger partial charge < -0.3 is 45.0 Å². The number of H-pyrrole nitrogens is 2. The molecule has 4 amide bonds. The Labute approximate surface area is 352 Å². The van der Waals surface area contributed by atoms with E-state index in [0.717, 1.165) is 63.3 Å². The molecule has 5 N–H and O–H groups in total. The van der Waals surface area contributed by atoms with Crippen molar-refractivity contribution in [1.29, 1.82) is 0 Å². The average Bonchev–Trinajstić information content (AvgIpc) is 4.05. The van der Waals surface area contributed by atoms with Crippen molar-refractivity contribution in [3.63, 3.8) is 0 Å². The third kappa shape index (κ3) is 9.71. The van der Waals surface area contributed by atoms with Crippen molar-refractivity contribution in [2.75, 3.05) is 27.9 Å². The molecular weight excluding hydrogens is 781 g/mol. The molecule has 2 aromatic heterocycles. The number of aromatic nitrogens is 4. The van der Waals surface area contributed by atoms with Crippen LogP contribution in [0.2, 0.25) is 19.1 Å². The van der Waals surface area contributed by atoms with Crippen LogP contribution in [0.25, 0.3) is 44.4 Å². The predicted octanol–water partition coefficient (Wildman–Crippen LogP) is 6.73. The number of aromatic amines is 2. The van der Waals surface area contributed by atoms with Crippen LogP contribution >= 0.6 is 0 Å². The lowest BCUT2D eigenvalue weighted by Gasteiger charge is -2.30. The first-order chi connectivity index (χ1) is 28.8. The Morgan fingerprint density at radius 3 is 2.03 bits per heavy atom. The van der Waals surface area contributed by atoms with E-state index < -0.39 is 39.2 Å². The quantitative estimate of drug-likeness (QED) is 0.0711. The highest BCUT2D eigenvalue weighted by Crippen LogP contribution is 2.37. The smallest absolute Gasteiger partial charge is 0.407 e. The number of rotatable bonds is 15. The van der Waals surface area contributed by atoms with Crippen LogP contribution in [0, 0.1) is 5.92 Å². The maximum atomic E-state index is 13.7. The van der Waals surface area contributed by atoms with Gasteiger partial charge in [-0.1, -0.05) is 87.6 Å². The van der Waals surface area contributed by atoms with Gasteiger partial charge in [0.15, 0.2) is 0 Å². The number of nitrogens with one attached hydrogen (secondary N) is 5. The fraction of sp³-hybridized carbons (Fsp3) is 0.409. The van der Waals surface area contributed by atoms with Crippen molar-refractivity contribution in [2.45, 2.75) is 83.0 Å². The third-order valence-electron chi connectivity index (χ3n) is 11.1. The van der Waals surface area contributed by atoms with Gasteiger partial charge in [-0.15, -0.1) is 0 Å². The molecule has 3 aromatic carbocycles. The SMILES string of the molecule is COC(=O)N[C@H](C(=O)N[C@@H](C[SiH](C)C)c1ncc(-c2ccc(-c3ccc(-c4cnc([C@@H]5CCCN5C(=O)[C@@H](NC(=O)OC)C(C)OC)[nH]4)cc3)c3ccccc23)[nH]1)C(C)C. The first kappa shape index (κ1) is 43.6. The Morgan fingerprint density at radius 1 is 0.783 bits per heavy atom. The van der Waals surface area contributed by atoms with E-state index in [0.29, 0.717) is 18.2 Å². The molecule has 5 atom stereocenters. The summed E-state index contributed by atoms with van der Waals surface area (Å²) < 4.78 is 14.9. The molecule has 1 unspecified atom stereocenters. The molecular formula is C44H56N8O7Si. The molecule has 1 aliphatic rings. The van der Waals surface area contributed by atoms with Crippen LogP contribution in [0.1, 0.15) is 57.3 Å². The molecule has 1 fully saturated rings. The number of carbonyl (C=O) groups is 4. The van der Waals surface area contributed by atoms with Gasteiger partial charge in [0.2, 0.25) is 11.8 Å². The van der Waals surface area contributed by atoms with E-state index in [9.17, 15) is 19.2 Å². The van der Waals surface area contributed by atoms with Gasteiger partial charge in [-0.25, -0.2) is 19.6 Å². The van der Waals surface area contributed by atoms with Crippen LogP contribution in [0.15, 0.2) is 73.1 Å². The predicted molar refractivity (Wildman–Crippen MR) is 233 cm³/mol. The fourth-order valence-electron chi connectivity index (χ4n) is 7.81. The highest BCUT2D eigenvalue weighted by atomic mass is 28.3. The highest BCUT2D eigenvalue weighted by Gasteiger charge is 2.39. The Hall–Kier alpha value is -6.00. The molecule has 0 spiro atoms. The van der Waals surface area contributed by atoms with E-state index in [1.54, 1.807) is 18.0 Å². The first-order valence-corrected chi connectivity index (χ1v) is 23.5. The summed E-state index contributed by atoms with van der Waals surface area (Å²) in [6.45, 7) is 10.5. The number of carbonyl (C=O) groups excluding carboxylic acids is 4. The van der Waals surface area contributed by atoms with Crippen LogP contribution in [-0.4, -0.2) is 104 Å². The Kier molecular flexibility index (Phi) is 14.1. The summed E-state index contributed by atoms with van der Waals surface area (Å²) in [5.41, 5.74) is 5.71. The number of amides is 4. The number of hydrogen-bond acceptors (Lipinski definition) is 9. The minimum Gasteiger partial charge on any atom is -0.453 e. The summed E-state index contributed by atoms with van der Waals surface area (Å²) >= 11 is 0. The third-order valence-corrected chi connectivity index (χ3v) is 12.5. The Balaban J connectivity index is 1.21. The van der Waals surface area contributed by atoms with Gasteiger partial charge in [-0.05, 0) is 59.2 Å². The largest absolute Gasteiger partial charge is 0.453 e. The van der Waals surface area contributed by atoms with Gasteiger partial charge in [-0.3, -0.25) is 9.59 Å². The highest BCUT2D eigenvalue weighted by molar-refractivity contribution is 6.55. The number of alkyl carbamates (subject to hydrolysis) is 2. The Morgan fingerprint density at radius 2 is 1.40 bits per heavy atom. The molecule has 16 heteroatoms. The number of benzene rings is 3. The molecule has 5 aromatic rings. The van der Waals surface area contributed by atoms with E-state index >= 15 is 0 Å². The molecule has 0 radical (unpaired) electrons. The van der Waals surface area contributed by atoms with Crippen molar-refractivity contribution in [3.05, 3.63) is 84.7 Å². The second-order valence-electron chi connectivity index (χ2n) is 15.9. The van der Waals surface area contributed by atoms with Gasteiger partial charge in [0, 0.05) is 28.0 Å². The number of methoxy groups -OCH3 is 3. The summed E-state index contributed by atoms with van der Waals surface area (Å²) in [6.07, 6.45) is 3.23. The molecule has 1 aliphatic heterocycles. The standard InChI is InChI=1S/C44H56N8O7Si/c1-25(2)37(50-43(55)58-5)41(53)49-35(24-60(7)8)39-45-23-34(48-39)32-20-19-29(30-12-9-10-13-31(30)32)27-15-17-28(18-16-27)33-22-46-40(47-33)36-14-11-21-52(36)42(54)38(26(3)57-4)51-44(56)59-6/h9-10,12-13,15-20,22-23,25-26,35-38,60H,11,14,21,24H2,1-8H3,(H,45,48)(H,46,47)(H,49,53)(H,50,55)(H,51,56)/t26?,35-,36-,37-,38-/m0/s1. The minimum atomic E-state index is -1.17. The zero-order chi connectivity index (χ0) is 43.1. The van der Waals surface area contributed by atoms with Crippen molar-refractivity contribution in [2.24, 2.45) is 5.92 Å². The van der Waals surface area contributed by atoms with E-state index in [4.69, 9.17) is 24.2 Å². The van der Waals surface area contributed by atoms with Crippen LogP contribution in [-0.2, 0) is 23.8 Å². The number of hydrogen-bond donors (Lipinski definition) is 5. The van der Waals surface area contributed by atoms with E-state index in [1.165, 1.54) is 21.3 Å². The summed E-state index contributed by atoms with van der Waals surface area (Å²) in [5.74, 6) is 0.659. The van der Waals surface area contributed by atoms with Gasteiger partial charge >= 0.3 is 12.2 Å². The first-order valence-electron chi connectivity index (χ1n) is 20.4. The van der Waals surface area contributed by atoms with E-state index in [2.05, 4.69) is 87.5 Å². The Bertz CT molecular complexity index is 2290. The summed E-state index contributed by atoms with van der Waals surface area (Å²) in [7, 11) is 2.87. The molecule has 318 valence electrons. The summed E-state index contributed by atoms with van der Waals surface area (Å²) in [4.78, 5) is 69.4. The maximum absolute atomic E-state index is 13.7. The molecule has 0 aliphatic carbocycles. The number of imidazole rings is 2. The fourth-order valence-corrected chi connectivity index (χ4v) is 9.09. The lowest BCUT2D eigenvalue weighted by Crippen LogP contribution is -2.54. The minimum absolute atomic E-state index is 0.150. The van der Waals surface area contributed by atoms with Gasteiger partial charge in [0.1, 0.15) is 23.7 Å². The monoisotopic (exact) mass is 836 g/mol. The van der Waals surface area contributed by atoms with Crippen molar-refractivity contribution in [1.82, 2.24) is 40.8 Å². The number of likely N-dealkylation sites (tertiary alicyclic amines) is 1. The molecule has 1 saturated heterocycles. The lowest BCUT2D eigenvalue weighted by atomic mass is 9.93. The molecule has 15 nitrogen and oxygen atoms in total. The molecule has 6 rings (SSSR count). The van der Waals surface area contributed by atoms with Crippen LogP contribution in [0.4, 0.5) is 9.59 Å². The lowest BCUT2D eigenvalue weighted by molar-refractivity contribution is -0.137. The number of nitrogens with zero attached hydrogens (tertiary/aromatic N) is 3. The molecule has 60 heavy (non-hydrogen) atoms. The second-order valence-corrected chi connectivity index (χ2v) is 19.2. The van der Waals surface area contributed by atoms with Crippen molar-refractivity contribution < 1.29 is 33.4 Å². The van der Waals surface area contributed by atoms with Crippen LogP contribution in [0.3, 0.4) is 0 Å². The van der Waals surface area contributed by atoms with Gasteiger partial charge in [0.25, 0.3) is 0 Å². The number of ether oxygens (including phenoxy) is 3. The number of fused-ring (bicyclic) bond motifs is 1. The van der Waals surface area contributed by atoms with Crippen molar-refractivity contribution >= 4 is 43.6 Å². The molecule has 0 saturated carbocycles. The van der Waals surface area contributed by atoms with E-state index in [1.807, 2.05) is 32.2 Å². The van der Waals surface area contributed by atoms with Crippen LogP contribution < -0.4 is 16.0 Å². The average molecular weight is 837 g/mol. The zero-order valence-corrected chi connectivity index (χ0v) is 36.7. The summed E-state index contributed by atoms with van der Waals surface area (Å²) in [5, 5.41) is 10.6. The van der Waals surface area contributed by atoms with Crippen molar-refractivity contribution in [3.8, 4) is 33.6 Å². The topological polar surface area (TPSA) is 193 Å². The zero-order valence-electron chi connectivity index (χ0n) is 35.5. The molecule has 0 bridgehead atoms. The van der Waals surface area contributed by atoms with Gasteiger partial charge in [-0.2, -0.15) is 0 Å². The second kappa shape index (κ2) is 19.4. The normalized spacial score (nSPS) is 16.0. The van der Waals surface area contributed by atoms with Crippen LogP contribution in [0.5, 0.6) is 0 Å². The summed E-state index contributed by atoms with van der Waals surface area (Å²) in [6, 6.07) is 19.3. The maximum Gasteiger partial charge on any atom is 0.407 e.